The lowest BCUT2D eigenvalue weighted by Gasteiger charge is -2.12. The molecule has 0 aliphatic heterocycles. The van der Waals surface area contributed by atoms with Crippen LogP contribution in [0.4, 0.5) is 4.79 Å². The van der Waals surface area contributed by atoms with Gasteiger partial charge in [0.1, 0.15) is 6.04 Å². The summed E-state index contributed by atoms with van der Waals surface area (Å²) in [5, 5.41) is 7.02. The van der Waals surface area contributed by atoms with Crippen LogP contribution in [0.3, 0.4) is 0 Å². The molecule has 0 saturated carbocycles. The molecule has 0 aliphatic rings. The Morgan fingerprint density at radius 2 is 2.25 bits per heavy atom. The summed E-state index contributed by atoms with van der Waals surface area (Å²) >= 11 is 1.59. The molecule has 88 valence electrons. The van der Waals surface area contributed by atoms with Crippen LogP contribution in [-0.2, 0) is 11.3 Å². The van der Waals surface area contributed by atoms with Gasteiger partial charge in [-0.05, 0) is 30.9 Å². The van der Waals surface area contributed by atoms with Crippen molar-refractivity contribution in [2.75, 3.05) is 0 Å². The van der Waals surface area contributed by atoms with Gasteiger partial charge in [-0.2, -0.15) is 0 Å². The number of nitrogens with one attached hydrogen (secondary N) is 2. The summed E-state index contributed by atoms with van der Waals surface area (Å²) in [5.74, 6) is -0.244. The normalized spacial score (nSPS) is 11.9. The molecule has 1 rings (SSSR count). The lowest BCUT2D eigenvalue weighted by Crippen LogP contribution is -2.46. The smallest absolute Gasteiger partial charge is 0.312 e. The van der Waals surface area contributed by atoms with Crippen LogP contribution >= 0.6 is 11.3 Å². The van der Waals surface area contributed by atoms with Gasteiger partial charge < -0.3 is 16.4 Å². The summed E-state index contributed by atoms with van der Waals surface area (Å²) in [6, 6.07) is 0.685. The van der Waals surface area contributed by atoms with Crippen molar-refractivity contribution in [1.29, 1.82) is 0 Å². The number of carbonyl (C=O) groups excluding carboxylic acids is 2. The molecule has 0 saturated heterocycles. The van der Waals surface area contributed by atoms with Crippen molar-refractivity contribution in [2.45, 2.75) is 26.4 Å². The fraction of sp³-hybridized carbons (Fsp3) is 0.400. The largest absolute Gasteiger partial charge is 0.352 e. The molecule has 1 heterocycles. The molecule has 1 atom stereocenters. The fourth-order valence-electron chi connectivity index (χ4n) is 1.18. The molecule has 6 heteroatoms. The van der Waals surface area contributed by atoms with Crippen molar-refractivity contribution < 1.29 is 9.59 Å². The number of aryl methyl sites for hydroxylation is 1. The van der Waals surface area contributed by atoms with Gasteiger partial charge in [-0.1, -0.05) is 0 Å². The van der Waals surface area contributed by atoms with E-state index in [0.717, 1.165) is 10.4 Å². The van der Waals surface area contributed by atoms with E-state index < -0.39 is 12.1 Å². The first-order chi connectivity index (χ1) is 7.50. The van der Waals surface area contributed by atoms with Gasteiger partial charge in [0.05, 0.1) is 6.54 Å². The Balaban J connectivity index is 2.41. The van der Waals surface area contributed by atoms with Gasteiger partial charge in [0, 0.05) is 4.88 Å². The van der Waals surface area contributed by atoms with Crippen LogP contribution in [0.15, 0.2) is 11.4 Å². The maximum Gasteiger partial charge on any atom is 0.312 e. The van der Waals surface area contributed by atoms with Crippen LogP contribution in [0.25, 0.3) is 0 Å². The van der Waals surface area contributed by atoms with E-state index in [9.17, 15) is 9.59 Å². The molecule has 16 heavy (non-hydrogen) atoms. The molecule has 0 radical (unpaired) electrons. The molecular weight excluding hydrogens is 226 g/mol. The summed E-state index contributed by atoms with van der Waals surface area (Å²) in [6.07, 6.45) is 0. The van der Waals surface area contributed by atoms with Gasteiger partial charge >= 0.3 is 6.03 Å². The second-order valence-corrected chi connectivity index (χ2v) is 4.48. The van der Waals surface area contributed by atoms with E-state index in [1.165, 1.54) is 0 Å². The number of hydrogen-bond acceptors (Lipinski definition) is 3. The van der Waals surface area contributed by atoms with Gasteiger partial charge in [-0.3, -0.25) is 4.79 Å². The third kappa shape index (κ3) is 3.54. The highest BCUT2D eigenvalue weighted by Crippen LogP contribution is 2.14. The third-order valence-corrected chi connectivity index (χ3v) is 3.17. The molecule has 1 aromatic rings. The zero-order valence-electron chi connectivity index (χ0n) is 9.24. The average Bonchev–Trinajstić information content (AvgIpc) is 2.59. The maximum atomic E-state index is 11.5. The number of primary amides is 1. The molecule has 0 bridgehead atoms. The Kier molecular flexibility index (Phi) is 4.30. The van der Waals surface area contributed by atoms with E-state index >= 15 is 0 Å². The Hall–Kier alpha value is -1.56. The van der Waals surface area contributed by atoms with Gasteiger partial charge in [0.15, 0.2) is 0 Å². The van der Waals surface area contributed by atoms with E-state index in [0.29, 0.717) is 6.54 Å². The van der Waals surface area contributed by atoms with Crippen molar-refractivity contribution in [1.82, 2.24) is 10.6 Å². The van der Waals surface area contributed by atoms with E-state index in [2.05, 4.69) is 10.6 Å². The van der Waals surface area contributed by atoms with Crippen LogP contribution in [0.1, 0.15) is 17.4 Å². The number of rotatable bonds is 4. The first-order valence-corrected chi connectivity index (χ1v) is 5.75. The Bertz CT molecular complexity index is 389. The van der Waals surface area contributed by atoms with Crippen LogP contribution in [0.5, 0.6) is 0 Å². The number of nitrogens with two attached hydrogens (primary N) is 1. The minimum atomic E-state index is -0.699. The lowest BCUT2D eigenvalue weighted by molar-refractivity contribution is -0.122. The summed E-state index contributed by atoms with van der Waals surface area (Å²) in [4.78, 5) is 23.2. The summed E-state index contributed by atoms with van der Waals surface area (Å²) < 4.78 is 0. The van der Waals surface area contributed by atoms with Crippen molar-refractivity contribution in [3.05, 3.63) is 21.9 Å². The topological polar surface area (TPSA) is 84.2 Å². The van der Waals surface area contributed by atoms with E-state index in [-0.39, 0.29) is 5.91 Å². The molecule has 3 amide bonds. The molecule has 5 nitrogen and oxygen atoms in total. The number of urea groups is 1. The fourth-order valence-corrected chi connectivity index (χ4v) is 2.03. The predicted molar refractivity (Wildman–Crippen MR) is 63.1 cm³/mol. The monoisotopic (exact) mass is 241 g/mol. The van der Waals surface area contributed by atoms with Gasteiger partial charge in [0.25, 0.3) is 0 Å². The van der Waals surface area contributed by atoms with Crippen molar-refractivity contribution >= 4 is 23.3 Å². The summed E-state index contributed by atoms with van der Waals surface area (Å²) in [5.41, 5.74) is 6.07. The van der Waals surface area contributed by atoms with Gasteiger partial charge in [0.2, 0.25) is 5.91 Å². The second-order valence-electron chi connectivity index (χ2n) is 3.47. The van der Waals surface area contributed by atoms with Crippen LogP contribution in [0.2, 0.25) is 0 Å². The van der Waals surface area contributed by atoms with E-state index in [4.69, 9.17) is 5.73 Å². The summed E-state index contributed by atoms with van der Waals surface area (Å²) in [7, 11) is 0. The van der Waals surface area contributed by atoms with E-state index in [1.54, 1.807) is 18.3 Å². The second kappa shape index (κ2) is 5.50. The molecule has 0 fully saturated rings. The number of thiophene rings is 1. The van der Waals surface area contributed by atoms with Crippen molar-refractivity contribution in [3.8, 4) is 0 Å². The molecule has 1 aromatic heterocycles. The maximum absolute atomic E-state index is 11.5. The standard InChI is InChI=1S/C10H15N3O2S/c1-6-3-4-16-8(6)5-12-9(14)7(2)13-10(11)15/h3-4,7H,5H2,1-2H3,(H,12,14)(H3,11,13,15). The quantitative estimate of drug-likeness (QED) is 0.726. The molecule has 0 aromatic carbocycles. The molecular formula is C10H15N3O2S. The number of amides is 3. The number of carbonyl (C=O) groups is 2. The van der Waals surface area contributed by atoms with Gasteiger partial charge in [-0.25, -0.2) is 4.79 Å². The highest BCUT2D eigenvalue weighted by Gasteiger charge is 2.13. The van der Waals surface area contributed by atoms with Gasteiger partial charge in [-0.15, -0.1) is 11.3 Å². The molecule has 0 aliphatic carbocycles. The first-order valence-electron chi connectivity index (χ1n) is 4.87. The highest BCUT2D eigenvalue weighted by molar-refractivity contribution is 7.10. The lowest BCUT2D eigenvalue weighted by atomic mass is 10.2. The van der Waals surface area contributed by atoms with Crippen LogP contribution in [-0.4, -0.2) is 18.0 Å². The average molecular weight is 241 g/mol. The van der Waals surface area contributed by atoms with Crippen molar-refractivity contribution in [2.24, 2.45) is 5.73 Å². The van der Waals surface area contributed by atoms with Crippen molar-refractivity contribution in [3.63, 3.8) is 0 Å². The van der Waals surface area contributed by atoms with Crippen LogP contribution in [0, 0.1) is 6.92 Å². The Morgan fingerprint density at radius 3 is 2.75 bits per heavy atom. The minimum absolute atomic E-state index is 0.244. The number of hydrogen-bond donors (Lipinski definition) is 3. The highest BCUT2D eigenvalue weighted by atomic mass is 32.1. The SMILES string of the molecule is Cc1ccsc1CNC(=O)C(C)NC(N)=O. The third-order valence-electron chi connectivity index (χ3n) is 2.14. The summed E-state index contributed by atoms with van der Waals surface area (Å²) in [6.45, 7) is 4.05. The Morgan fingerprint density at radius 1 is 1.56 bits per heavy atom. The molecule has 1 unspecified atom stereocenters. The Labute approximate surface area is 98.0 Å². The first kappa shape index (κ1) is 12.5. The zero-order chi connectivity index (χ0) is 12.1. The van der Waals surface area contributed by atoms with E-state index in [1.807, 2.05) is 18.4 Å². The molecule has 4 N–H and O–H groups in total. The molecule has 0 spiro atoms. The predicted octanol–water partition coefficient (Wildman–Crippen LogP) is 0.730. The minimum Gasteiger partial charge on any atom is -0.352 e. The van der Waals surface area contributed by atoms with Crippen LogP contribution < -0.4 is 16.4 Å². The zero-order valence-corrected chi connectivity index (χ0v) is 10.1.